The van der Waals surface area contributed by atoms with Gasteiger partial charge in [0.25, 0.3) is 0 Å². The first-order valence-electron chi connectivity index (χ1n) is 20.5. The number of aromatic nitrogens is 6. The van der Waals surface area contributed by atoms with E-state index in [-0.39, 0.29) is 0 Å². The van der Waals surface area contributed by atoms with Gasteiger partial charge in [-0.05, 0) is 56.6 Å². The van der Waals surface area contributed by atoms with Crippen LogP contribution >= 0.6 is 0 Å². The summed E-state index contributed by atoms with van der Waals surface area (Å²) < 4.78 is 0. The first-order valence-corrected chi connectivity index (χ1v) is 20.5. The predicted octanol–water partition coefficient (Wildman–Crippen LogP) is 12.6. The Morgan fingerprint density at radius 1 is 0.419 bits per heavy atom. The fourth-order valence-corrected chi connectivity index (χ4v) is 9.11. The summed E-state index contributed by atoms with van der Waals surface area (Å²) in [6, 6.07) is 62.9. The van der Waals surface area contributed by atoms with Crippen LogP contribution in [0.4, 0.5) is 17.6 Å². The van der Waals surface area contributed by atoms with E-state index in [9.17, 15) is 0 Å². The molecule has 0 unspecified atom stereocenters. The maximum Gasteiger partial charge on any atom is 0.241 e. The van der Waals surface area contributed by atoms with Crippen LogP contribution in [0.1, 0.15) is 28.1 Å². The SMILES string of the molecule is C=C/C=C(\C=C)c1nc(-c2ccccc2)nc(N(c2ccc3c(c2)C2(c4ccccc4-c4ccccc42)c2ccccc2-3)c2nc(-c3ccccc3)nc(-c3ccccc3)n2)n1. The number of rotatable bonds is 9. The maximum atomic E-state index is 5.26. The summed E-state index contributed by atoms with van der Waals surface area (Å²) >= 11 is 0. The Morgan fingerprint density at radius 2 is 0.839 bits per heavy atom. The average molecular weight is 796 g/mol. The maximum absolute atomic E-state index is 5.26. The fraction of sp³-hybridized carbons (Fsp3) is 0.0182. The van der Waals surface area contributed by atoms with Crippen molar-refractivity contribution >= 4 is 23.2 Å². The number of anilines is 3. The third-order valence-electron chi connectivity index (χ3n) is 11.8. The van der Waals surface area contributed by atoms with Crippen molar-refractivity contribution in [2.75, 3.05) is 4.90 Å². The van der Waals surface area contributed by atoms with Gasteiger partial charge in [0.15, 0.2) is 23.3 Å². The molecule has 7 nitrogen and oxygen atoms in total. The van der Waals surface area contributed by atoms with Crippen molar-refractivity contribution < 1.29 is 0 Å². The summed E-state index contributed by atoms with van der Waals surface area (Å²) in [6.07, 6.45) is 5.29. The molecule has 62 heavy (non-hydrogen) atoms. The van der Waals surface area contributed by atoms with Crippen molar-refractivity contribution in [3.05, 3.63) is 241 Å². The van der Waals surface area contributed by atoms with Crippen molar-refractivity contribution in [1.82, 2.24) is 29.9 Å². The summed E-state index contributed by atoms with van der Waals surface area (Å²) in [5.74, 6) is 2.61. The van der Waals surface area contributed by atoms with Crippen molar-refractivity contribution in [2.45, 2.75) is 5.41 Å². The molecule has 0 saturated carbocycles. The number of hydrogen-bond acceptors (Lipinski definition) is 7. The van der Waals surface area contributed by atoms with E-state index >= 15 is 0 Å². The molecule has 0 fully saturated rings. The van der Waals surface area contributed by atoms with Gasteiger partial charge < -0.3 is 0 Å². The van der Waals surface area contributed by atoms with Crippen LogP contribution in [0.25, 0.3) is 62.0 Å². The average Bonchev–Trinajstić information content (AvgIpc) is 3.81. The highest BCUT2D eigenvalue weighted by Crippen LogP contribution is 2.63. The second-order valence-electron chi connectivity index (χ2n) is 15.2. The van der Waals surface area contributed by atoms with Gasteiger partial charge in [-0.3, -0.25) is 0 Å². The van der Waals surface area contributed by atoms with Crippen LogP contribution in [0.5, 0.6) is 0 Å². The van der Waals surface area contributed by atoms with Gasteiger partial charge in [0, 0.05) is 22.3 Å². The van der Waals surface area contributed by atoms with Gasteiger partial charge in [0.05, 0.1) is 11.1 Å². The quantitative estimate of drug-likeness (QED) is 0.135. The van der Waals surface area contributed by atoms with Gasteiger partial charge in [0.1, 0.15) is 0 Å². The van der Waals surface area contributed by atoms with E-state index in [0.29, 0.717) is 40.8 Å². The van der Waals surface area contributed by atoms with E-state index in [1.807, 2.05) is 102 Å². The van der Waals surface area contributed by atoms with Crippen LogP contribution in [0.15, 0.2) is 213 Å². The Balaban J connectivity index is 1.23. The molecule has 0 bridgehead atoms. The summed E-state index contributed by atoms with van der Waals surface area (Å²) in [6.45, 7) is 8.08. The van der Waals surface area contributed by atoms with Gasteiger partial charge in [0.2, 0.25) is 11.9 Å². The molecule has 1 spiro atoms. The van der Waals surface area contributed by atoms with Crippen LogP contribution < -0.4 is 4.90 Å². The van der Waals surface area contributed by atoms with Crippen LogP contribution in [-0.4, -0.2) is 29.9 Å². The lowest BCUT2D eigenvalue weighted by molar-refractivity contribution is 0.793. The zero-order valence-electron chi connectivity index (χ0n) is 33.6. The Bertz CT molecular complexity index is 3110. The van der Waals surface area contributed by atoms with Crippen molar-refractivity contribution in [2.24, 2.45) is 0 Å². The highest BCUT2D eigenvalue weighted by atomic mass is 15.4. The lowest BCUT2D eigenvalue weighted by Crippen LogP contribution is -2.26. The molecule has 0 radical (unpaired) electrons. The van der Waals surface area contributed by atoms with Gasteiger partial charge in [-0.25, -0.2) is 14.9 Å². The van der Waals surface area contributed by atoms with Crippen LogP contribution in [-0.2, 0) is 5.41 Å². The second-order valence-corrected chi connectivity index (χ2v) is 15.2. The number of fused-ring (bicyclic) bond motifs is 10. The molecule has 0 N–H and O–H groups in total. The van der Waals surface area contributed by atoms with Crippen LogP contribution in [0, 0.1) is 0 Å². The van der Waals surface area contributed by atoms with E-state index in [1.54, 1.807) is 12.2 Å². The molecule has 9 aromatic rings. The molecule has 0 atom stereocenters. The molecule has 0 saturated heterocycles. The smallest absolute Gasteiger partial charge is 0.241 e. The first-order chi connectivity index (χ1) is 30.6. The molecule has 2 aliphatic carbocycles. The minimum absolute atomic E-state index is 0.326. The number of allylic oxidation sites excluding steroid dienone is 4. The van der Waals surface area contributed by atoms with Crippen molar-refractivity contribution in [3.8, 4) is 56.4 Å². The highest BCUT2D eigenvalue weighted by Gasteiger charge is 2.51. The highest BCUT2D eigenvalue weighted by molar-refractivity contribution is 5.96. The largest absolute Gasteiger partial charge is 0.246 e. The second kappa shape index (κ2) is 15.0. The van der Waals surface area contributed by atoms with E-state index in [0.717, 1.165) is 33.5 Å². The summed E-state index contributed by atoms with van der Waals surface area (Å²) in [5.41, 5.74) is 13.1. The molecular formula is C55H37N7. The van der Waals surface area contributed by atoms with Crippen molar-refractivity contribution in [1.29, 1.82) is 0 Å². The third kappa shape index (κ3) is 5.82. The molecular weight excluding hydrogens is 759 g/mol. The minimum atomic E-state index is -0.591. The Hall–Kier alpha value is -8.42. The molecule has 2 aromatic heterocycles. The molecule has 0 amide bonds. The fourth-order valence-electron chi connectivity index (χ4n) is 9.11. The van der Waals surface area contributed by atoms with E-state index in [2.05, 4.69) is 104 Å². The van der Waals surface area contributed by atoms with Gasteiger partial charge in [-0.15, -0.1) is 0 Å². The molecule has 11 rings (SSSR count). The van der Waals surface area contributed by atoms with E-state index < -0.39 is 5.41 Å². The van der Waals surface area contributed by atoms with Crippen LogP contribution in [0.3, 0.4) is 0 Å². The molecule has 0 aliphatic heterocycles. The normalized spacial score (nSPS) is 12.9. The van der Waals surface area contributed by atoms with Gasteiger partial charge >= 0.3 is 0 Å². The lowest BCUT2D eigenvalue weighted by Gasteiger charge is -2.31. The number of benzene rings is 7. The monoisotopic (exact) mass is 795 g/mol. The Morgan fingerprint density at radius 3 is 1.31 bits per heavy atom. The number of hydrogen-bond donors (Lipinski definition) is 0. The standard InChI is InChI=1S/C55H37N7/c1-3-20-36(4-2)49-56-50(37-21-8-5-9-22-37)59-53(58-49)62(54-60-51(38-23-10-6-11-24-38)57-52(61-54)39-25-12-7-13-26-39)40-33-34-44-43-29-16-19-32-47(43)55(48(44)35-40)45-30-17-14-27-41(45)42-28-15-18-31-46(42)55/h3-35H,1-2H2/b36-20+. The molecule has 2 aliphatic rings. The molecule has 7 aromatic carbocycles. The third-order valence-corrected chi connectivity index (χ3v) is 11.8. The summed E-state index contributed by atoms with van der Waals surface area (Å²) in [5, 5.41) is 0. The van der Waals surface area contributed by atoms with E-state index in [4.69, 9.17) is 29.9 Å². The topological polar surface area (TPSA) is 80.6 Å². The lowest BCUT2D eigenvalue weighted by atomic mass is 9.70. The van der Waals surface area contributed by atoms with Gasteiger partial charge in [-0.1, -0.05) is 201 Å². The van der Waals surface area contributed by atoms with Crippen molar-refractivity contribution in [3.63, 3.8) is 0 Å². The Kier molecular flexibility index (Phi) is 8.86. The molecule has 7 heteroatoms. The summed E-state index contributed by atoms with van der Waals surface area (Å²) in [7, 11) is 0. The predicted molar refractivity (Wildman–Crippen MR) is 249 cm³/mol. The Labute approximate surface area is 359 Å². The minimum Gasteiger partial charge on any atom is -0.246 e. The zero-order valence-corrected chi connectivity index (χ0v) is 33.6. The van der Waals surface area contributed by atoms with Gasteiger partial charge in [-0.2, -0.15) is 19.9 Å². The van der Waals surface area contributed by atoms with E-state index in [1.165, 1.54) is 33.4 Å². The number of nitrogens with zero attached hydrogens (tertiary/aromatic N) is 7. The zero-order chi connectivity index (χ0) is 41.6. The molecule has 2 heterocycles. The molecule has 292 valence electrons. The first kappa shape index (κ1) is 36.6. The summed E-state index contributed by atoms with van der Waals surface area (Å²) in [4.78, 5) is 33.0. The van der Waals surface area contributed by atoms with Crippen LogP contribution in [0.2, 0.25) is 0 Å².